The molecule has 3 rings (SSSR count). The van der Waals surface area contributed by atoms with Gasteiger partial charge >= 0.3 is 6.18 Å². The highest BCUT2D eigenvalue weighted by Gasteiger charge is 2.36. The molecular weight excluding hydrogens is 433 g/mol. The Kier molecular flexibility index (Phi) is 5.68. The molecule has 2 aromatic heterocycles. The number of nitrogens with zero attached hydrogens (tertiary/aromatic N) is 2. The summed E-state index contributed by atoms with van der Waals surface area (Å²) >= 11 is 0. The number of halogens is 3. The number of fused-ring (bicyclic) bond motifs is 1. The molecule has 3 aromatic rings. The van der Waals surface area contributed by atoms with Gasteiger partial charge in [-0.05, 0) is 39.8 Å². The number of ether oxygens (including phenoxy) is 1. The van der Waals surface area contributed by atoms with Crippen LogP contribution in [0.3, 0.4) is 0 Å². The molecule has 0 bridgehead atoms. The number of nitrogens with one attached hydrogen (secondary N) is 2. The number of aromatic amines is 1. The smallest absolute Gasteiger partial charge is 0.433 e. The summed E-state index contributed by atoms with van der Waals surface area (Å²) < 4.78 is 69.1. The van der Waals surface area contributed by atoms with Crippen LogP contribution in [-0.2, 0) is 21.8 Å². The van der Waals surface area contributed by atoms with Crippen molar-refractivity contribution in [2.75, 3.05) is 12.4 Å². The number of H-pyrrole nitrogens is 1. The van der Waals surface area contributed by atoms with E-state index in [1.54, 1.807) is 39.0 Å². The average Bonchev–Trinajstić information content (AvgIpc) is 3.01. The van der Waals surface area contributed by atoms with Crippen molar-refractivity contribution in [3.8, 4) is 5.75 Å². The number of sulfone groups is 1. The fourth-order valence-corrected chi connectivity index (χ4v) is 4.04. The highest BCUT2D eigenvalue weighted by Crippen LogP contribution is 2.36. The second-order valence-electron chi connectivity index (χ2n) is 8.11. The Hall–Kier alpha value is -2.82. The Morgan fingerprint density at radius 2 is 1.87 bits per heavy atom. The molecule has 11 heteroatoms. The Bertz CT molecular complexity index is 1230. The standard InChI is InChI=1S/C20H23F3N4O3S/c1-11-17(20(21,22)23)26-27-18(11)25-14-6-7-24-15-9-16(30-5)12(8-13(14)15)10-31(28,29)19(2,3)4/h6-9H,10H2,1-5H3,(H2,24,25,26,27). The maximum absolute atomic E-state index is 13.1. The number of anilines is 2. The first-order valence-corrected chi connectivity index (χ1v) is 11.0. The van der Waals surface area contributed by atoms with Crippen LogP contribution in [0.5, 0.6) is 5.75 Å². The molecule has 0 saturated carbocycles. The lowest BCUT2D eigenvalue weighted by molar-refractivity contribution is -0.141. The summed E-state index contributed by atoms with van der Waals surface area (Å²) in [5.41, 5.74) is 0.331. The quantitative estimate of drug-likeness (QED) is 0.575. The highest BCUT2D eigenvalue weighted by atomic mass is 32.2. The van der Waals surface area contributed by atoms with E-state index in [4.69, 9.17) is 4.74 Å². The zero-order valence-corrected chi connectivity index (χ0v) is 18.5. The lowest BCUT2D eigenvalue weighted by Gasteiger charge is -2.20. The van der Waals surface area contributed by atoms with Crippen molar-refractivity contribution < 1.29 is 26.3 Å². The van der Waals surface area contributed by atoms with E-state index >= 15 is 0 Å². The van der Waals surface area contributed by atoms with Crippen LogP contribution in [0.25, 0.3) is 10.9 Å². The van der Waals surface area contributed by atoms with E-state index in [2.05, 4.69) is 15.4 Å². The summed E-state index contributed by atoms with van der Waals surface area (Å²) in [5, 5.41) is 9.16. The van der Waals surface area contributed by atoms with Crippen LogP contribution in [0.2, 0.25) is 0 Å². The molecule has 0 aliphatic heterocycles. The van der Waals surface area contributed by atoms with Crippen LogP contribution in [0.15, 0.2) is 24.4 Å². The third-order valence-corrected chi connectivity index (χ3v) is 7.53. The van der Waals surface area contributed by atoms with Gasteiger partial charge in [-0.15, -0.1) is 0 Å². The Morgan fingerprint density at radius 3 is 2.42 bits per heavy atom. The van der Waals surface area contributed by atoms with E-state index in [-0.39, 0.29) is 17.1 Å². The van der Waals surface area contributed by atoms with E-state index < -0.39 is 26.5 Å². The summed E-state index contributed by atoms with van der Waals surface area (Å²) in [7, 11) is -2.07. The van der Waals surface area contributed by atoms with Crippen LogP contribution in [-0.4, -0.2) is 35.5 Å². The molecule has 0 saturated heterocycles. The largest absolute Gasteiger partial charge is 0.496 e. The molecule has 0 amide bonds. The van der Waals surface area contributed by atoms with Gasteiger partial charge in [0.1, 0.15) is 11.4 Å². The van der Waals surface area contributed by atoms with Gasteiger partial charge in [-0.2, -0.15) is 18.3 Å². The van der Waals surface area contributed by atoms with Crippen molar-refractivity contribution in [3.63, 3.8) is 0 Å². The Labute approximate surface area is 177 Å². The third kappa shape index (κ3) is 4.46. The maximum Gasteiger partial charge on any atom is 0.433 e. The van der Waals surface area contributed by atoms with Gasteiger partial charge in [0.15, 0.2) is 15.7 Å². The molecule has 0 spiro atoms. The summed E-state index contributed by atoms with van der Waals surface area (Å²) in [4.78, 5) is 4.27. The lowest BCUT2D eigenvalue weighted by Crippen LogP contribution is -2.29. The van der Waals surface area contributed by atoms with Gasteiger partial charge in [0.2, 0.25) is 0 Å². The minimum atomic E-state index is -4.56. The van der Waals surface area contributed by atoms with Crippen molar-refractivity contribution in [1.29, 1.82) is 0 Å². The predicted molar refractivity (Wildman–Crippen MR) is 112 cm³/mol. The molecule has 0 atom stereocenters. The molecule has 0 radical (unpaired) electrons. The molecule has 1 aromatic carbocycles. The van der Waals surface area contributed by atoms with Gasteiger partial charge < -0.3 is 10.1 Å². The van der Waals surface area contributed by atoms with Crippen molar-refractivity contribution in [3.05, 3.63) is 41.2 Å². The minimum absolute atomic E-state index is 0.0134. The zero-order chi connectivity index (χ0) is 23.2. The fraction of sp³-hybridized carbons (Fsp3) is 0.400. The van der Waals surface area contributed by atoms with E-state index in [1.165, 1.54) is 20.2 Å². The summed E-state index contributed by atoms with van der Waals surface area (Å²) in [6.07, 6.45) is -3.07. The van der Waals surface area contributed by atoms with E-state index in [0.29, 0.717) is 27.9 Å². The van der Waals surface area contributed by atoms with Gasteiger partial charge in [-0.3, -0.25) is 10.1 Å². The van der Waals surface area contributed by atoms with Crippen LogP contribution in [0, 0.1) is 6.92 Å². The normalized spacial score (nSPS) is 12.9. The van der Waals surface area contributed by atoms with Gasteiger partial charge in [0, 0.05) is 28.8 Å². The molecule has 31 heavy (non-hydrogen) atoms. The monoisotopic (exact) mass is 456 g/mol. The van der Waals surface area contributed by atoms with Gasteiger partial charge in [0.25, 0.3) is 0 Å². The first-order chi connectivity index (χ1) is 14.2. The fourth-order valence-electron chi connectivity index (χ4n) is 2.97. The third-order valence-electron chi connectivity index (χ3n) is 4.97. The van der Waals surface area contributed by atoms with Crippen molar-refractivity contribution in [2.24, 2.45) is 0 Å². The molecule has 2 N–H and O–H groups in total. The van der Waals surface area contributed by atoms with Crippen LogP contribution >= 0.6 is 0 Å². The van der Waals surface area contributed by atoms with Gasteiger partial charge in [-0.25, -0.2) is 8.42 Å². The van der Waals surface area contributed by atoms with Crippen molar-refractivity contribution in [2.45, 2.75) is 44.4 Å². The first-order valence-electron chi connectivity index (χ1n) is 9.31. The second kappa shape index (κ2) is 7.70. The Morgan fingerprint density at radius 1 is 1.19 bits per heavy atom. The number of rotatable bonds is 5. The second-order valence-corrected chi connectivity index (χ2v) is 10.8. The van der Waals surface area contributed by atoms with Crippen molar-refractivity contribution >= 4 is 32.2 Å². The number of hydrogen-bond donors (Lipinski definition) is 2. The average molecular weight is 456 g/mol. The van der Waals surface area contributed by atoms with Crippen molar-refractivity contribution in [1.82, 2.24) is 15.2 Å². The lowest BCUT2D eigenvalue weighted by atomic mass is 10.1. The number of methoxy groups -OCH3 is 1. The maximum atomic E-state index is 13.1. The molecule has 0 fully saturated rings. The molecule has 0 aliphatic rings. The summed E-state index contributed by atoms with van der Waals surface area (Å²) in [6, 6.07) is 4.81. The van der Waals surface area contributed by atoms with Crippen LogP contribution in [0.4, 0.5) is 24.7 Å². The van der Waals surface area contributed by atoms with E-state index in [1.807, 2.05) is 5.10 Å². The number of alkyl halides is 3. The van der Waals surface area contributed by atoms with Crippen LogP contribution < -0.4 is 10.1 Å². The molecule has 0 unspecified atom stereocenters. The Balaban J connectivity index is 2.10. The van der Waals surface area contributed by atoms with Gasteiger partial charge in [0.05, 0.1) is 28.8 Å². The molecule has 7 nitrogen and oxygen atoms in total. The SMILES string of the molecule is COc1cc2nccc(Nc3n[nH]c(C(F)(F)F)c3C)c2cc1CS(=O)(=O)C(C)(C)C. The molecule has 168 valence electrons. The summed E-state index contributed by atoms with van der Waals surface area (Å²) in [5.74, 6) is 0.114. The number of aromatic nitrogens is 3. The first kappa shape index (κ1) is 22.9. The number of benzene rings is 1. The van der Waals surface area contributed by atoms with E-state index in [0.717, 1.165) is 0 Å². The molecule has 2 heterocycles. The van der Waals surface area contributed by atoms with Crippen LogP contribution in [0.1, 0.15) is 37.6 Å². The topological polar surface area (TPSA) is 97.0 Å². The molecule has 0 aliphatic carbocycles. The number of pyridine rings is 1. The summed E-state index contributed by atoms with van der Waals surface area (Å²) in [6.45, 7) is 6.15. The van der Waals surface area contributed by atoms with E-state index in [9.17, 15) is 21.6 Å². The zero-order valence-electron chi connectivity index (χ0n) is 17.7. The van der Waals surface area contributed by atoms with Gasteiger partial charge in [-0.1, -0.05) is 0 Å². The number of hydrogen-bond acceptors (Lipinski definition) is 6. The minimum Gasteiger partial charge on any atom is -0.496 e. The highest BCUT2D eigenvalue weighted by molar-refractivity contribution is 7.91. The predicted octanol–water partition coefficient (Wildman–Crippen LogP) is 4.75. The molecular formula is C20H23F3N4O3S.